The van der Waals surface area contributed by atoms with E-state index in [9.17, 15) is 15.3 Å². The van der Waals surface area contributed by atoms with E-state index in [1.807, 2.05) is 6.07 Å². The van der Waals surface area contributed by atoms with Gasteiger partial charge < -0.3 is 5.84 Å². The monoisotopic (exact) mass is 466 g/mol. The number of nitrogen functional groups attached to an aromatic ring is 1. The summed E-state index contributed by atoms with van der Waals surface area (Å²) < 4.78 is 1.14. The van der Waals surface area contributed by atoms with Crippen molar-refractivity contribution in [3.8, 4) is 12.1 Å². The van der Waals surface area contributed by atoms with Gasteiger partial charge in [0.15, 0.2) is 5.82 Å². The van der Waals surface area contributed by atoms with Crippen LogP contribution in [0.15, 0.2) is 53.6 Å². The van der Waals surface area contributed by atoms with Crippen LogP contribution >= 0.6 is 23.2 Å². The molecule has 0 bridgehead atoms. The molecule has 0 radical (unpaired) electrons. The molecule has 0 aliphatic carbocycles. The van der Waals surface area contributed by atoms with Crippen LogP contribution in [0.4, 0.5) is 5.95 Å². The number of ketones is 1. The first kappa shape index (κ1) is 22.8. The van der Waals surface area contributed by atoms with Crippen LogP contribution in [0.25, 0.3) is 0 Å². The van der Waals surface area contributed by atoms with Crippen LogP contribution in [-0.2, 0) is 4.79 Å². The number of hydrogen-bond acceptors (Lipinski definition) is 8. The molecule has 3 N–H and O–H groups in total. The van der Waals surface area contributed by atoms with Crippen molar-refractivity contribution in [1.29, 1.82) is 10.5 Å². The lowest BCUT2D eigenvalue weighted by Crippen LogP contribution is -2.28. The van der Waals surface area contributed by atoms with Crippen molar-refractivity contribution in [2.45, 2.75) is 18.8 Å². The van der Waals surface area contributed by atoms with Gasteiger partial charge in [-0.15, -0.1) is 10.2 Å². The summed E-state index contributed by atoms with van der Waals surface area (Å²) in [6.07, 6.45) is 0. The molecule has 0 aliphatic rings. The fourth-order valence-corrected chi connectivity index (χ4v) is 3.11. The molecule has 1 heterocycles. The highest BCUT2D eigenvalue weighted by Crippen LogP contribution is 2.26. The number of hydrogen-bond donors (Lipinski definition) is 2. The second-order valence-corrected chi connectivity index (χ2v) is 7.51. The Kier molecular flexibility index (Phi) is 7.06. The maximum atomic E-state index is 13.4. The Morgan fingerprint density at radius 3 is 1.94 bits per heavy atom. The number of rotatable bonds is 7. The smallest absolute Gasteiger partial charge is 0.263 e. The molecule has 0 spiro atoms. The predicted molar refractivity (Wildman–Crippen MR) is 121 cm³/mol. The minimum absolute atomic E-state index is 0.0561. The molecule has 3 aromatic rings. The molecule has 0 saturated carbocycles. The molecule has 2 aromatic carbocycles. The zero-order chi connectivity index (χ0) is 23.3. The summed E-state index contributed by atoms with van der Waals surface area (Å²) >= 11 is 11.9. The van der Waals surface area contributed by atoms with Crippen LogP contribution in [-0.4, -0.2) is 26.4 Å². The number of anilines is 1. The van der Waals surface area contributed by atoms with Crippen LogP contribution in [0.5, 0.6) is 0 Å². The summed E-state index contributed by atoms with van der Waals surface area (Å²) in [5, 5.41) is 32.3. The Morgan fingerprint density at radius 2 is 1.50 bits per heavy atom. The summed E-state index contributed by atoms with van der Waals surface area (Å²) in [4.78, 5) is 13.4. The number of nitrogens with zero attached hydrogens (tertiary/aromatic N) is 6. The van der Waals surface area contributed by atoms with Crippen molar-refractivity contribution in [2.24, 2.45) is 5.10 Å². The topological polar surface area (TPSA) is 146 Å². The second kappa shape index (κ2) is 9.92. The Balaban J connectivity index is 2.06. The van der Waals surface area contributed by atoms with Gasteiger partial charge in [-0.05, 0) is 42.3 Å². The van der Waals surface area contributed by atoms with Crippen molar-refractivity contribution in [3.05, 3.63) is 75.5 Å². The molecule has 3 rings (SSSR count). The zero-order valence-corrected chi connectivity index (χ0v) is 18.2. The lowest BCUT2D eigenvalue weighted by molar-refractivity contribution is -0.113. The van der Waals surface area contributed by atoms with Gasteiger partial charge in [-0.1, -0.05) is 47.5 Å². The molecule has 9 nitrogen and oxygen atoms in total. The average molecular weight is 467 g/mol. The Bertz CT molecular complexity index is 1240. The third kappa shape index (κ3) is 4.86. The highest BCUT2D eigenvalue weighted by Gasteiger charge is 2.32. The maximum absolute atomic E-state index is 13.4. The van der Waals surface area contributed by atoms with Gasteiger partial charge in [0.25, 0.3) is 5.95 Å². The van der Waals surface area contributed by atoms with Crippen LogP contribution in [0.3, 0.4) is 0 Å². The first-order valence-electron chi connectivity index (χ1n) is 9.20. The lowest BCUT2D eigenvalue weighted by atomic mass is 9.86. The largest absolute Gasteiger partial charge is 0.335 e. The number of nitriles is 2. The quantitative estimate of drug-likeness (QED) is 0.307. The van der Waals surface area contributed by atoms with Crippen molar-refractivity contribution in [2.75, 3.05) is 11.3 Å². The van der Waals surface area contributed by atoms with Gasteiger partial charge in [-0.3, -0.25) is 4.79 Å². The molecule has 32 heavy (non-hydrogen) atoms. The standard InChI is InChI=1S/C21H16Cl2N8O/c1-12-27-29-21(31(12)26)30-28-19(17(10-24)13-2-6-15(22)7-3-13)20(32)18(11-25)14-4-8-16(23)9-5-14/h2-9,17-18H,26H2,1H3,(H,29,30)/b28-19+/t17-,18-/m0/s1. The van der Waals surface area contributed by atoms with E-state index in [1.54, 1.807) is 55.5 Å². The van der Waals surface area contributed by atoms with Gasteiger partial charge in [0.05, 0.1) is 12.1 Å². The number of nitrogens with one attached hydrogen (secondary N) is 1. The average Bonchev–Trinajstić information content (AvgIpc) is 3.11. The summed E-state index contributed by atoms with van der Waals surface area (Å²) in [7, 11) is 0. The fourth-order valence-electron chi connectivity index (χ4n) is 2.85. The van der Waals surface area contributed by atoms with Crippen LogP contribution < -0.4 is 11.3 Å². The van der Waals surface area contributed by atoms with E-state index in [-0.39, 0.29) is 11.7 Å². The summed E-state index contributed by atoms with van der Waals surface area (Å²) in [5.74, 6) is 3.31. The van der Waals surface area contributed by atoms with Crippen molar-refractivity contribution in [1.82, 2.24) is 14.9 Å². The van der Waals surface area contributed by atoms with Gasteiger partial charge in [-0.25, -0.2) is 10.1 Å². The molecule has 160 valence electrons. The molecule has 2 atom stereocenters. The first-order valence-corrected chi connectivity index (χ1v) is 9.96. The van der Waals surface area contributed by atoms with Crippen LogP contribution in [0.1, 0.15) is 28.8 Å². The van der Waals surface area contributed by atoms with Crippen molar-refractivity contribution >= 4 is 40.6 Å². The van der Waals surface area contributed by atoms with Gasteiger partial charge in [0, 0.05) is 10.0 Å². The Hall–Kier alpha value is -3.92. The van der Waals surface area contributed by atoms with E-state index in [1.165, 1.54) is 0 Å². The predicted octanol–water partition coefficient (Wildman–Crippen LogP) is 3.56. The number of nitrogens with two attached hydrogens (primary N) is 1. The SMILES string of the molecule is Cc1nnc(N/N=C(/C(=O)[C@@H](C#N)c2ccc(Cl)cc2)[C@@H](C#N)c2ccc(Cl)cc2)n1N. The number of halogens is 2. The number of carbonyl (C=O) groups excluding carboxylic acids is 1. The zero-order valence-electron chi connectivity index (χ0n) is 16.7. The van der Waals surface area contributed by atoms with Crippen LogP contribution in [0.2, 0.25) is 10.0 Å². The molecule has 0 amide bonds. The molecule has 1 aromatic heterocycles. The molecule has 11 heteroatoms. The molecule has 0 aliphatic heterocycles. The molecular weight excluding hydrogens is 451 g/mol. The summed E-state index contributed by atoms with van der Waals surface area (Å²) in [6.45, 7) is 1.63. The highest BCUT2D eigenvalue weighted by molar-refractivity contribution is 6.45. The van der Waals surface area contributed by atoms with E-state index in [0.717, 1.165) is 4.68 Å². The van der Waals surface area contributed by atoms with E-state index in [4.69, 9.17) is 29.0 Å². The van der Waals surface area contributed by atoms with Crippen molar-refractivity contribution < 1.29 is 4.79 Å². The number of Topliss-reactive ketones (excluding diaryl/α,β-unsaturated/α-hetero) is 1. The number of aromatic nitrogens is 3. The second-order valence-electron chi connectivity index (χ2n) is 6.64. The van der Waals surface area contributed by atoms with E-state index >= 15 is 0 Å². The minimum Gasteiger partial charge on any atom is -0.335 e. The van der Waals surface area contributed by atoms with Gasteiger partial charge in [-0.2, -0.15) is 15.6 Å². The minimum atomic E-state index is -1.21. The number of aryl methyl sites for hydroxylation is 1. The number of hydrazone groups is 1. The van der Waals surface area contributed by atoms with Gasteiger partial charge >= 0.3 is 0 Å². The third-order valence-corrected chi connectivity index (χ3v) is 5.10. The van der Waals surface area contributed by atoms with Crippen LogP contribution in [0, 0.1) is 29.6 Å². The van der Waals surface area contributed by atoms with Gasteiger partial charge in [0.2, 0.25) is 5.78 Å². The number of benzene rings is 2. The van der Waals surface area contributed by atoms with Crippen molar-refractivity contribution in [3.63, 3.8) is 0 Å². The molecular formula is C21H16Cl2N8O. The van der Waals surface area contributed by atoms with Gasteiger partial charge in [0.1, 0.15) is 17.5 Å². The number of carbonyl (C=O) groups is 1. The molecule has 0 unspecified atom stereocenters. The normalized spacial score (nSPS) is 13.0. The lowest BCUT2D eigenvalue weighted by Gasteiger charge is -2.16. The van der Waals surface area contributed by atoms with E-state index in [2.05, 4.69) is 26.8 Å². The molecule has 0 saturated heterocycles. The van der Waals surface area contributed by atoms with E-state index < -0.39 is 17.6 Å². The fraction of sp³-hybridized carbons (Fsp3) is 0.143. The first-order chi connectivity index (χ1) is 15.3. The van der Waals surface area contributed by atoms with E-state index in [0.29, 0.717) is 27.0 Å². The third-order valence-electron chi connectivity index (χ3n) is 4.60. The maximum Gasteiger partial charge on any atom is 0.263 e. The summed E-state index contributed by atoms with van der Waals surface area (Å²) in [5.41, 5.74) is 3.27. The summed E-state index contributed by atoms with van der Waals surface area (Å²) in [6, 6.07) is 16.8. The highest BCUT2D eigenvalue weighted by atomic mass is 35.5. The molecule has 0 fully saturated rings. The Morgan fingerprint density at radius 1 is 1.00 bits per heavy atom. The Labute approximate surface area is 193 Å².